The van der Waals surface area contributed by atoms with E-state index < -0.39 is 5.54 Å². The van der Waals surface area contributed by atoms with Crippen LogP contribution >= 0.6 is 0 Å². The van der Waals surface area contributed by atoms with Gasteiger partial charge in [0.25, 0.3) is 5.91 Å². The number of hydrogen-bond donors (Lipinski definition) is 1. The van der Waals surface area contributed by atoms with E-state index in [1.807, 2.05) is 6.07 Å². The minimum atomic E-state index is -0.712. The van der Waals surface area contributed by atoms with Crippen molar-refractivity contribution in [3.63, 3.8) is 0 Å². The van der Waals surface area contributed by atoms with E-state index in [2.05, 4.69) is 14.9 Å². The summed E-state index contributed by atoms with van der Waals surface area (Å²) in [5.41, 5.74) is 0.260. The van der Waals surface area contributed by atoms with Gasteiger partial charge in [-0.2, -0.15) is 0 Å². The van der Waals surface area contributed by atoms with Gasteiger partial charge >= 0.3 is 6.03 Å². The third-order valence-electron chi connectivity index (χ3n) is 6.04. The summed E-state index contributed by atoms with van der Waals surface area (Å²) in [6.07, 6.45) is 4.07. The molecule has 0 aromatic carbocycles. The normalized spacial score (nSPS) is 28.7. The summed E-state index contributed by atoms with van der Waals surface area (Å²) in [6.45, 7) is 1.34. The first kappa shape index (κ1) is 16.3. The molecule has 3 aliphatic rings. The quantitative estimate of drug-likeness (QED) is 0.789. The lowest BCUT2D eigenvalue weighted by atomic mass is 9.80. The molecule has 0 radical (unpaired) electrons. The molecule has 1 aromatic heterocycles. The average Bonchev–Trinajstić information content (AvgIpc) is 2.76. The number of aliphatic hydroxyl groups excluding tert-OH is 1. The predicted octanol–water partition coefficient (Wildman–Crippen LogP) is 0.578. The van der Waals surface area contributed by atoms with Crippen LogP contribution in [0.5, 0.6) is 0 Å². The van der Waals surface area contributed by atoms with Crippen molar-refractivity contribution in [2.45, 2.75) is 43.2 Å². The zero-order valence-electron chi connectivity index (χ0n) is 14.6. The van der Waals surface area contributed by atoms with Gasteiger partial charge in [0, 0.05) is 44.9 Å². The molecule has 0 unspecified atom stereocenters. The third kappa shape index (κ3) is 2.38. The van der Waals surface area contributed by atoms with Crippen LogP contribution in [0.1, 0.15) is 37.3 Å². The van der Waals surface area contributed by atoms with E-state index >= 15 is 0 Å². The molecule has 3 amide bonds. The maximum atomic E-state index is 12.6. The highest BCUT2D eigenvalue weighted by Gasteiger charge is 2.55. The average molecular weight is 345 g/mol. The highest BCUT2D eigenvalue weighted by atomic mass is 16.3. The molecule has 2 aliphatic heterocycles. The number of aromatic nitrogens is 2. The Kier molecular flexibility index (Phi) is 3.68. The fourth-order valence-electron chi connectivity index (χ4n) is 4.19. The second kappa shape index (κ2) is 5.66. The molecule has 1 spiro atoms. The largest absolute Gasteiger partial charge is 0.393 e. The highest BCUT2D eigenvalue weighted by Crippen LogP contribution is 2.38. The van der Waals surface area contributed by atoms with Gasteiger partial charge in [-0.1, -0.05) is 0 Å². The summed E-state index contributed by atoms with van der Waals surface area (Å²) in [6, 6.07) is 1.76. The van der Waals surface area contributed by atoms with Crippen LogP contribution in [0.4, 0.5) is 10.6 Å². The number of piperidine rings is 1. The zero-order chi connectivity index (χ0) is 17.8. The summed E-state index contributed by atoms with van der Waals surface area (Å²) in [5, 5.41) is 9.49. The van der Waals surface area contributed by atoms with E-state index in [4.69, 9.17) is 0 Å². The van der Waals surface area contributed by atoms with E-state index in [9.17, 15) is 14.7 Å². The fourth-order valence-corrected chi connectivity index (χ4v) is 4.19. The Morgan fingerprint density at radius 3 is 2.40 bits per heavy atom. The van der Waals surface area contributed by atoms with E-state index in [-0.39, 0.29) is 18.0 Å². The van der Waals surface area contributed by atoms with Crippen LogP contribution in [-0.4, -0.2) is 75.6 Å². The Bertz CT molecular complexity index is 710. The molecule has 25 heavy (non-hydrogen) atoms. The number of amides is 3. The van der Waals surface area contributed by atoms with Crippen molar-refractivity contribution < 1.29 is 14.7 Å². The lowest BCUT2D eigenvalue weighted by molar-refractivity contribution is -0.133. The standard InChI is InChI=1S/C17H23N5O3/c1-20-15(24)17(21(2)16(20)25)3-5-22(6-4-17)14-9-13(18-10-19-14)11-7-12(23)8-11/h9-12,23H,3-8H2,1-2H3. The van der Waals surface area contributed by atoms with Gasteiger partial charge in [0.2, 0.25) is 0 Å². The Hall–Kier alpha value is -2.22. The smallest absolute Gasteiger partial charge is 0.327 e. The van der Waals surface area contributed by atoms with Crippen LogP contribution in [0.15, 0.2) is 12.4 Å². The molecule has 3 fully saturated rings. The first-order valence-corrected chi connectivity index (χ1v) is 8.73. The van der Waals surface area contributed by atoms with Crippen molar-refractivity contribution in [3.8, 4) is 0 Å². The highest BCUT2D eigenvalue weighted by molar-refractivity contribution is 6.06. The van der Waals surface area contributed by atoms with Crippen molar-refractivity contribution in [3.05, 3.63) is 18.1 Å². The summed E-state index contributed by atoms with van der Waals surface area (Å²) >= 11 is 0. The molecule has 4 rings (SSSR count). The van der Waals surface area contributed by atoms with Crippen molar-refractivity contribution in [2.24, 2.45) is 0 Å². The minimum Gasteiger partial charge on any atom is -0.393 e. The number of likely N-dealkylation sites (N-methyl/N-ethyl adjacent to an activating group) is 2. The molecule has 0 bridgehead atoms. The van der Waals surface area contributed by atoms with Crippen LogP contribution in [-0.2, 0) is 4.79 Å². The Balaban J connectivity index is 1.48. The molecule has 1 N–H and O–H groups in total. The van der Waals surface area contributed by atoms with Gasteiger partial charge < -0.3 is 14.9 Å². The van der Waals surface area contributed by atoms with Crippen molar-refractivity contribution in [2.75, 3.05) is 32.1 Å². The van der Waals surface area contributed by atoms with Gasteiger partial charge in [0.15, 0.2) is 0 Å². The van der Waals surface area contributed by atoms with Gasteiger partial charge in [0.05, 0.1) is 6.10 Å². The lowest BCUT2D eigenvalue weighted by Crippen LogP contribution is -2.55. The Labute approximate surface area is 146 Å². The molecule has 134 valence electrons. The third-order valence-corrected chi connectivity index (χ3v) is 6.04. The molecule has 0 atom stereocenters. The van der Waals surface area contributed by atoms with Crippen molar-refractivity contribution in [1.29, 1.82) is 0 Å². The van der Waals surface area contributed by atoms with Crippen molar-refractivity contribution >= 4 is 17.8 Å². The van der Waals surface area contributed by atoms with Gasteiger partial charge in [-0.25, -0.2) is 14.8 Å². The van der Waals surface area contributed by atoms with Crippen LogP contribution in [0, 0.1) is 0 Å². The van der Waals surface area contributed by atoms with Crippen LogP contribution < -0.4 is 4.90 Å². The van der Waals surface area contributed by atoms with Gasteiger partial charge in [-0.05, 0) is 25.7 Å². The summed E-state index contributed by atoms with van der Waals surface area (Å²) < 4.78 is 0. The molecular weight excluding hydrogens is 322 g/mol. The number of nitrogens with zero attached hydrogens (tertiary/aromatic N) is 5. The number of rotatable bonds is 2. The molecule has 8 heteroatoms. The monoisotopic (exact) mass is 345 g/mol. The molecule has 3 heterocycles. The Morgan fingerprint density at radius 1 is 1.16 bits per heavy atom. The summed E-state index contributed by atoms with van der Waals surface area (Å²) in [7, 11) is 3.26. The van der Waals surface area contributed by atoms with E-state index in [0.717, 1.165) is 24.4 Å². The number of anilines is 1. The topological polar surface area (TPSA) is 89.9 Å². The zero-order valence-corrected chi connectivity index (χ0v) is 14.6. The first-order valence-electron chi connectivity index (χ1n) is 8.73. The first-order chi connectivity index (χ1) is 11.9. The van der Waals surface area contributed by atoms with E-state index in [0.29, 0.717) is 31.8 Å². The lowest BCUT2D eigenvalue weighted by Gasteiger charge is -2.41. The molecule has 1 aliphatic carbocycles. The number of urea groups is 1. The second-order valence-corrected chi connectivity index (χ2v) is 7.35. The molecular formula is C17H23N5O3. The number of carbonyl (C=O) groups is 2. The fraction of sp³-hybridized carbons (Fsp3) is 0.647. The SMILES string of the molecule is CN1C(=O)N(C)C2(CCN(c3cc(C4CC(O)C4)ncn3)CC2)C1=O. The molecule has 1 saturated carbocycles. The summed E-state index contributed by atoms with van der Waals surface area (Å²) in [4.78, 5) is 38.4. The minimum absolute atomic E-state index is 0.105. The summed E-state index contributed by atoms with van der Waals surface area (Å²) in [5.74, 6) is 1.06. The van der Waals surface area contributed by atoms with Crippen LogP contribution in [0.3, 0.4) is 0 Å². The van der Waals surface area contributed by atoms with Crippen molar-refractivity contribution in [1.82, 2.24) is 19.8 Å². The second-order valence-electron chi connectivity index (χ2n) is 7.35. The molecule has 1 aromatic rings. The molecule has 2 saturated heterocycles. The Morgan fingerprint density at radius 2 is 1.84 bits per heavy atom. The van der Waals surface area contributed by atoms with Gasteiger partial charge in [-0.15, -0.1) is 0 Å². The van der Waals surface area contributed by atoms with Crippen LogP contribution in [0.2, 0.25) is 0 Å². The van der Waals surface area contributed by atoms with Gasteiger partial charge in [-0.3, -0.25) is 9.69 Å². The van der Waals surface area contributed by atoms with E-state index in [1.54, 1.807) is 25.3 Å². The number of hydrogen-bond acceptors (Lipinski definition) is 6. The van der Waals surface area contributed by atoms with Gasteiger partial charge in [0.1, 0.15) is 17.7 Å². The number of imide groups is 1. The number of aliphatic hydroxyl groups is 1. The number of carbonyl (C=O) groups excluding carboxylic acids is 2. The maximum Gasteiger partial charge on any atom is 0.327 e. The maximum absolute atomic E-state index is 12.6. The van der Waals surface area contributed by atoms with E-state index in [1.165, 1.54) is 4.90 Å². The van der Waals surface area contributed by atoms with Crippen LogP contribution in [0.25, 0.3) is 0 Å². The molecule has 8 nitrogen and oxygen atoms in total. The predicted molar refractivity (Wildman–Crippen MR) is 90.1 cm³/mol.